The maximum absolute atomic E-state index is 12.7. The monoisotopic (exact) mass is 467 g/mol. The molecule has 2 amide bonds. The molecule has 33 heavy (non-hydrogen) atoms. The highest BCUT2D eigenvalue weighted by Gasteiger charge is 2.35. The number of likely N-dealkylation sites (tertiary alicyclic amines) is 1. The Labute approximate surface area is 204 Å². The van der Waals surface area contributed by atoms with Gasteiger partial charge in [0.25, 0.3) is 0 Å². The van der Waals surface area contributed by atoms with Gasteiger partial charge in [0.15, 0.2) is 0 Å². The maximum atomic E-state index is 12.7. The molecule has 0 aromatic heterocycles. The highest BCUT2D eigenvalue weighted by molar-refractivity contribution is 6.30. The van der Waals surface area contributed by atoms with E-state index >= 15 is 0 Å². The van der Waals surface area contributed by atoms with Gasteiger partial charge in [0, 0.05) is 22.8 Å². The Morgan fingerprint density at radius 3 is 2.27 bits per heavy atom. The number of hydrogen-bond donors (Lipinski definition) is 2. The maximum Gasteiger partial charge on any atom is 0.319 e. The van der Waals surface area contributed by atoms with Crippen molar-refractivity contribution in [1.29, 1.82) is 0 Å². The van der Waals surface area contributed by atoms with Gasteiger partial charge in [0.1, 0.15) is 0 Å². The number of halogens is 1. The number of carbonyl (C=O) groups is 1. The highest BCUT2D eigenvalue weighted by Crippen LogP contribution is 2.30. The van der Waals surface area contributed by atoms with Crippen molar-refractivity contribution in [3.8, 4) is 0 Å². The molecule has 1 saturated heterocycles. The molecule has 2 aromatic rings. The van der Waals surface area contributed by atoms with Crippen LogP contribution in [-0.2, 0) is 11.8 Å². The lowest BCUT2D eigenvalue weighted by Crippen LogP contribution is -2.52. The van der Waals surface area contributed by atoms with Crippen LogP contribution in [0.2, 0.25) is 5.02 Å². The largest absolute Gasteiger partial charge is 0.334 e. The zero-order chi connectivity index (χ0) is 23.4. The molecule has 1 saturated carbocycles. The van der Waals surface area contributed by atoms with Crippen molar-refractivity contribution in [2.75, 3.05) is 18.4 Å². The van der Waals surface area contributed by atoms with Gasteiger partial charge < -0.3 is 10.6 Å². The molecule has 178 valence electrons. The van der Waals surface area contributed by atoms with Crippen LogP contribution in [-0.4, -0.2) is 36.1 Å². The summed E-state index contributed by atoms with van der Waals surface area (Å²) in [6.45, 7) is 8.84. The summed E-state index contributed by atoms with van der Waals surface area (Å²) in [5, 5.41) is 7.11. The Morgan fingerprint density at radius 1 is 0.970 bits per heavy atom. The first-order chi connectivity index (χ1) is 15.8. The van der Waals surface area contributed by atoms with Gasteiger partial charge in [-0.25, -0.2) is 4.79 Å². The van der Waals surface area contributed by atoms with Gasteiger partial charge in [0.05, 0.1) is 0 Å². The van der Waals surface area contributed by atoms with Crippen LogP contribution in [0.15, 0.2) is 48.5 Å². The summed E-state index contributed by atoms with van der Waals surface area (Å²) >= 11 is 6.02. The first-order valence-electron chi connectivity index (χ1n) is 12.4. The van der Waals surface area contributed by atoms with Gasteiger partial charge in [-0.2, -0.15) is 0 Å². The molecular formula is C28H38ClN3O. The van der Waals surface area contributed by atoms with Crippen molar-refractivity contribution in [3.63, 3.8) is 0 Å². The predicted octanol–water partition coefficient (Wildman–Crippen LogP) is 6.63. The fraction of sp³-hybridized carbons (Fsp3) is 0.536. The molecule has 0 bridgehead atoms. The molecule has 1 aliphatic carbocycles. The van der Waals surface area contributed by atoms with Crippen LogP contribution in [0.1, 0.15) is 64.0 Å². The van der Waals surface area contributed by atoms with Crippen LogP contribution in [0, 0.1) is 5.92 Å². The van der Waals surface area contributed by atoms with E-state index in [4.69, 9.17) is 11.6 Å². The van der Waals surface area contributed by atoms with E-state index < -0.39 is 0 Å². The minimum absolute atomic E-state index is 0.0898. The third-order valence-electron chi connectivity index (χ3n) is 7.36. The standard InChI is InChI=1S/C28H38ClN3O/c1-28(2,3)22-9-13-24(14-10-22)30-27(33)31-25-5-4-6-26(25)32-17-15-21(16-18-32)19-20-7-11-23(29)12-8-20/h7-14,21,25-26H,4-6,15-19H2,1-3H3,(H2,30,31,33)/t25-,26-/m1/s1. The second kappa shape index (κ2) is 10.5. The molecule has 0 unspecified atom stereocenters. The first kappa shape index (κ1) is 24.1. The number of piperidine rings is 1. The van der Waals surface area contributed by atoms with E-state index in [9.17, 15) is 4.79 Å². The number of benzene rings is 2. The Bertz CT molecular complexity index is 912. The zero-order valence-electron chi connectivity index (χ0n) is 20.2. The molecular weight excluding hydrogens is 430 g/mol. The molecule has 2 atom stereocenters. The molecule has 4 rings (SSSR count). The molecule has 2 aliphatic rings. The van der Waals surface area contributed by atoms with E-state index in [0.717, 1.165) is 42.6 Å². The average molecular weight is 468 g/mol. The molecule has 2 aromatic carbocycles. The summed E-state index contributed by atoms with van der Waals surface area (Å²) in [6, 6.07) is 17.1. The molecule has 4 nitrogen and oxygen atoms in total. The van der Waals surface area contributed by atoms with Crippen molar-refractivity contribution < 1.29 is 4.79 Å². The van der Waals surface area contributed by atoms with E-state index in [1.54, 1.807) is 0 Å². The molecule has 1 heterocycles. The molecule has 0 radical (unpaired) electrons. The number of rotatable bonds is 5. The van der Waals surface area contributed by atoms with Gasteiger partial charge in [-0.3, -0.25) is 4.90 Å². The van der Waals surface area contributed by atoms with Crippen molar-refractivity contribution in [2.24, 2.45) is 5.92 Å². The summed E-state index contributed by atoms with van der Waals surface area (Å²) in [6.07, 6.45) is 6.99. The van der Waals surface area contributed by atoms with Gasteiger partial charge in [-0.1, -0.05) is 56.6 Å². The number of urea groups is 1. The predicted molar refractivity (Wildman–Crippen MR) is 138 cm³/mol. The van der Waals surface area contributed by atoms with E-state index in [1.165, 1.54) is 36.8 Å². The lowest BCUT2D eigenvalue weighted by Gasteiger charge is -2.38. The number of nitrogens with one attached hydrogen (secondary N) is 2. The Kier molecular flexibility index (Phi) is 7.65. The van der Waals surface area contributed by atoms with Crippen LogP contribution < -0.4 is 10.6 Å². The van der Waals surface area contributed by atoms with Crippen molar-refractivity contribution in [3.05, 3.63) is 64.7 Å². The minimum Gasteiger partial charge on any atom is -0.334 e. The SMILES string of the molecule is CC(C)(C)c1ccc(NC(=O)N[C@@H]2CCC[C@H]2N2CCC(Cc3ccc(Cl)cc3)CC2)cc1. The number of hydrogen-bond acceptors (Lipinski definition) is 2. The summed E-state index contributed by atoms with van der Waals surface area (Å²) in [5.41, 5.74) is 3.60. The summed E-state index contributed by atoms with van der Waals surface area (Å²) in [5.74, 6) is 0.731. The van der Waals surface area contributed by atoms with Gasteiger partial charge in [-0.05, 0) is 98.3 Å². The van der Waals surface area contributed by atoms with Crippen LogP contribution in [0.3, 0.4) is 0 Å². The van der Waals surface area contributed by atoms with E-state index in [-0.39, 0.29) is 17.5 Å². The normalized spacial score (nSPS) is 22.3. The van der Waals surface area contributed by atoms with E-state index in [0.29, 0.717) is 6.04 Å². The molecule has 0 spiro atoms. The molecule has 1 aliphatic heterocycles. The third-order valence-corrected chi connectivity index (χ3v) is 7.61. The second-order valence-electron chi connectivity index (χ2n) is 10.8. The number of amides is 2. The van der Waals surface area contributed by atoms with Gasteiger partial charge >= 0.3 is 6.03 Å². The van der Waals surface area contributed by atoms with Gasteiger partial charge in [-0.15, -0.1) is 0 Å². The first-order valence-corrected chi connectivity index (χ1v) is 12.8. The van der Waals surface area contributed by atoms with Crippen LogP contribution in [0.4, 0.5) is 10.5 Å². The number of nitrogens with zero attached hydrogens (tertiary/aromatic N) is 1. The second-order valence-corrected chi connectivity index (χ2v) is 11.3. The smallest absolute Gasteiger partial charge is 0.319 e. The van der Waals surface area contributed by atoms with Crippen molar-refractivity contribution in [2.45, 2.75) is 76.8 Å². The summed E-state index contributed by atoms with van der Waals surface area (Å²) in [7, 11) is 0. The number of anilines is 1. The van der Waals surface area contributed by atoms with E-state index in [2.05, 4.69) is 60.6 Å². The third kappa shape index (κ3) is 6.51. The zero-order valence-corrected chi connectivity index (χ0v) is 21.0. The lowest BCUT2D eigenvalue weighted by atomic mass is 9.87. The van der Waals surface area contributed by atoms with Gasteiger partial charge in [0.2, 0.25) is 0 Å². The van der Waals surface area contributed by atoms with E-state index in [1.807, 2.05) is 24.3 Å². The Balaban J connectivity index is 1.26. The fourth-order valence-corrected chi connectivity index (χ4v) is 5.50. The van der Waals surface area contributed by atoms with Crippen molar-refractivity contribution >= 4 is 23.3 Å². The lowest BCUT2D eigenvalue weighted by molar-refractivity contribution is 0.119. The summed E-state index contributed by atoms with van der Waals surface area (Å²) in [4.78, 5) is 15.3. The topological polar surface area (TPSA) is 44.4 Å². The Hall–Kier alpha value is -2.04. The molecule has 2 N–H and O–H groups in total. The summed E-state index contributed by atoms with van der Waals surface area (Å²) < 4.78 is 0. The Morgan fingerprint density at radius 2 is 1.64 bits per heavy atom. The van der Waals surface area contributed by atoms with Crippen molar-refractivity contribution in [1.82, 2.24) is 10.2 Å². The quantitative estimate of drug-likeness (QED) is 0.518. The highest BCUT2D eigenvalue weighted by atomic mass is 35.5. The number of carbonyl (C=O) groups excluding carboxylic acids is 1. The fourth-order valence-electron chi connectivity index (χ4n) is 5.38. The molecule has 5 heteroatoms. The van der Waals surface area contributed by atoms with Crippen LogP contribution >= 0.6 is 11.6 Å². The molecule has 2 fully saturated rings. The minimum atomic E-state index is -0.0898. The van der Waals surface area contributed by atoms with Crippen LogP contribution in [0.5, 0.6) is 0 Å². The van der Waals surface area contributed by atoms with Crippen LogP contribution in [0.25, 0.3) is 0 Å². The average Bonchev–Trinajstić information content (AvgIpc) is 3.23.